The van der Waals surface area contributed by atoms with E-state index >= 15 is 0 Å². The molecular weight excluding hydrogens is 867 g/mol. The third kappa shape index (κ3) is 13.3. The fraction of sp³-hybridized carbons (Fsp3) is 0.660. The number of carbonyl (C=O) groups excluding carboxylic acids is 4. The number of anilines is 1. The number of para-hydroxylation sites is 1. The highest BCUT2D eigenvalue weighted by molar-refractivity contribution is 6.00. The number of cyclic esters (lactones) is 1. The van der Waals surface area contributed by atoms with Crippen molar-refractivity contribution in [3.8, 4) is 11.3 Å². The number of aliphatic hydroxyl groups is 2. The lowest BCUT2D eigenvalue weighted by atomic mass is 9.74. The zero-order chi connectivity index (χ0) is 50.1. The molecule has 0 bridgehead atoms. The first-order valence-electron chi connectivity index (χ1n) is 24.7. The minimum Gasteiger partial charge on any atom is -0.459 e. The van der Waals surface area contributed by atoms with Crippen LogP contribution in [0.15, 0.2) is 54.7 Å². The van der Waals surface area contributed by atoms with E-state index in [1.54, 1.807) is 34.6 Å². The van der Waals surface area contributed by atoms with Gasteiger partial charge >= 0.3 is 5.97 Å². The number of hydrogen-bond acceptors (Lipinski definition) is 14. The summed E-state index contributed by atoms with van der Waals surface area (Å²) >= 11 is 0. The predicted molar refractivity (Wildman–Crippen MR) is 260 cm³/mol. The number of aryl methyl sites for hydroxylation is 1. The first-order valence-corrected chi connectivity index (χ1v) is 24.7. The predicted octanol–water partition coefficient (Wildman–Crippen LogP) is 7.17. The Hall–Kier alpha value is -4.38. The lowest BCUT2D eigenvalue weighted by Gasteiger charge is -2.48. The highest BCUT2D eigenvalue weighted by Crippen LogP contribution is 2.40. The lowest BCUT2D eigenvalue weighted by molar-refractivity contribution is -0.281. The molecule has 0 amide bonds. The van der Waals surface area contributed by atoms with Crippen molar-refractivity contribution >= 4 is 29.0 Å². The van der Waals surface area contributed by atoms with E-state index in [0.717, 1.165) is 61.0 Å². The SMILES string of the molecule is CC[C@H]1OC(=O)[C@H](C)C(=O)[C@H](C)[C@@H](O[C@@H]2O[C@H](C)C[C@H](N(C)Cc3ccc(-c4cn(CCCCCCC(=O)Cc5ccccc5N)nn4)cc3)[C@H]2C)[C@](C)(OC)C[C@@H](C)C(=O)[C@H](C)[C@@H](O)[C@]1(C)O. The number of unbranched alkanes of at least 4 members (excludes halogenated alkanes) is 3. The molecule has 13 atom stereocenters. The number of benzene rings is 2. The quantitative estimate of drug-likeness (QED) is 0.0531. The molecule has 4 N–H and O–H groups in total. The number of nitrogens with two attached hydrogens (primary N) is 1. The third-order valence-electron chi connectivity index (χ3n) is 14.8. The average molecular weight is 946 g/mol. The molecule has 2 aliphatic rings. The van der Waals surface area contributed by atoms with Gasteiger partial charge in [0.25, 0.3) is 0 Å². The molecule has 0 radical (unpaired) electrons. The van der Waals surface area contributed by atoms with Crippen LogP contribution in [-0.2, 0) is 57.6 Å². The molecular formula is C53H79N5O10. The van der Waals surface area contributed by atoms with Gasteiger partial charge in [-0.05, 0) is 84.0 Å². The number of nitrogens with zero attached hydrogens (tertiary/aromatic N) is 4. The van der Waals surface area contributed by atoms with Crippen molar-refractivity contribution in [2.75, 3.05) is 19.9 Å². The number of Topliss-reactive ketones (excluding diaryl/α,β-unsaturated/α-hetero) is 3. The van der Waals surface area contributed by atoms with Crippen molar-refractivity contribution in [2.24, 2.45) is 29.6 Å². The van der Waals surface area contributed by atoms with E-state index < -0.39 is 71.2 Å². The summed E-state index contributed by atoms with van der Waals surface area (Å²) in [6, 6.07) is 15.9. The number of carbonyl (C=O) groups is 4. The van der Waals surface area contributed by atoms with Crippen LogP contribution in [0, 0.1) is 29.6 Å². The fourth-order valence-electron chi connectivity index (χ4n) is 10.3. The van der Waals surface area contributed by atoms with Crippen molar-refractivity contribution in [3.05, 3.63) is 65.9 Å². The monoisotopic (exact) mass is 946 g/mol. The number of hydrogen-bond donors (Lipinski definition) is 3. The second-order valence-electron chi connectivity index (χ2n) is 20.3. The van der Waals surface area contributed by atoms with Gasteiger partial charge in [-0.1, -0.05) is 95.1 Å². The maximum Gasteiger partial charge on any atom is 0.316 e. The molecule has 0 unspecified atom stereocenters. The van der Waals surface area contributed by atoms with Crippen LogP contribution < -0.4 is 5.73 Å². The summed E-state index contributed by atoms with van der Waals surface area (Å²) in [5, 5.41) is 31.6. The van der Waals surface area contributed by atoms with Crippen LogP contribution in [0.25, 0.3) is 11.3 Å². The lowest BCUT2D eigenvalue weighted by Crippen LogP contribution is -2.58. The summed E-state index contributed by atoms with van der Waals surface area (Å²) in [5.74, 6) is -5.35. The molecule has 2 aliphatic heterocycles. The Morgan fingerprint density at radius 3 is 2.29 bits per heavy atom. The molecule has 2 saturated heterocycles. The number of aromatic nitrogens is 3. The molecule has 0 saturated carbocycles. The molecule has 376 valence electrons. The maximum absolute atomic E-state index is 14.3. The van der Waals surface area contributed by atoms with Gasteiger partial charge in [0.2, 0.25) is 0 Å². The minimum absolute atomic E-state index is 0.0197. The normalized spacial score (nSPS) is 32.2. The van der Waals surface area contributed by atoms with E-state index in [9.17, 15) is 29.4 Å². The Balaban J connectivity index is 1.22. The van der Waals surface area contributed by atoms with Crippen LogP contribution in [0.5, 0.6) is 0 Å². The first-order chi connectivity index (χ1) is 32.1. The molecule has 5 rings (SSSR count). The van der Waals surface area contributed by atoms with E-state index in [1.807, 2.05) is 42.1 Å². The maximum atomic E-state index is 14.3. The number of methoxy groups -OCH3 is 1. The third-order valence-corrected chi connectivity index (χ3v) is 14.8. The van der Waals surface area contributed by atoms with Gasteiger partial charge in [0.05, 0.1) is 30.1 Å². The van der Waals surface area contributed by atoms with Crippen LogP contribution >= 0.6 is 0 Å². The molecule has 3 heterocycles. The molecule has 0 spiro atoms. The van der Waals surface area contributed by atoms with E-state index in [-0.39, 0.29) is 42.5 Å². The van der Waals surface area contributed by atoms with Crippen molar-refractivity contribution in [3.63, 3.8) is 0 Å². The standard InChI is InChI=1S/C53H79N5O10/c1-12-45-53(9,64)48(62)35(5)46(60)32(2)29-52(8,65-11)49(36(6)47(61)37(7)50(63)67-45)68-51-34(4)44(27-33(3)66-51)57(10)30-38-22-24-39(25-23-38)43-31-58(56-55-43)26-18-14-13-15-20-41(59)28-40-19-16-17-21-42(40)54/h16-17,19,21-25,31-37,44-45,48-49,51,62,64H,12-15,18,20,26-30,54H2,1-11H3/t32-,33-,34-,35+,36+,37-,44+,45-,48-,49-,51+,52-,53-/m1/s1. The first kappa shape index (κ1) is 54.6. The number of esters is 1. The zero-order valence-corrected chi connectivity index (χ0v) is 42.4. The summed E-state index contributed by atoms with van der Waals surface area (Å²) in [6.07, 6.45) is 3.05. The van der Waals surface area contributed by atoms with E-state index in [0.29, 0.717) is 25.1 Å². The summed E-state index contributed by atoms with van der Waals surface area (Å²) in [6.45, 7) is 16.8. The molecule has 0 aliphatic carbocycles. The van der Waals surface area contributed by atoms with Gasteiger partial charge in [0.15, 0.2) is 12.1 Å². The van der Waals surface area contributed by atoms with Crippen LogP contribution in [0.2, 0.25) is 0 Å². The van der Waals surface area contributed by atoms with Gasteiger partial charge in [-0.15, -0.1) is 5.10 Å². The van der Waals surface area contributed by atoms with Crippen LogP contribution in [0.3, 0.4) is 0 Å². The van der Waals surface area contributed by atoms with Gasteiger partial charge < -0.3 is 34.9 Å². The van der Waals surface area contributed by atoms with E-state index in [1.165, 1.54) is 21.0 Å². The molecule has 2 fully saturated rings. The Morgan fingerprint density at radius 2 is 1.63 bits per heavy atom. The van der Waals surface area contributed by atoms with Gasteiger partial charge in [0, 0.05) is 74.0 Å². The van der Waals surface area contributed by atoms with Gasteiger partial charge in [-0.2, -0.15) is 0 Å². The molecule has 15 nitrogen and oxygen atoms in total. The second-order valence-corrected chi connectivity index (χ2v) is 20.3. The van der Waals surface area contributed by atoms with Gasteiger partial charge in [-0.3, -0.25) is 28.8 Å². The zero-order valence-electron chi connectivity index (χ0n) is 42.4. The minimum atomic E-state index is -1.96. The number of ether oxygens (including phenoxy) is 4. The summed E-state index contributed by atoms with van der Waals surface area (Å²) < 4.78 is 27.3. The molecule has 2 aromatic carbocycles. The molecule has 15 heteroatoms. The second kappa shape index (κ2) is 24.0. The Morgan fingerprint density at radius 1 is 0.956 bits per heavy atom. The summed E-state index contributed by atoms with van der Waals surface area (Å²) in [7, 11) is 3.60. The average Bonchev–Trinajstić information content (AvgIpc) is 3.79. The molecule has 68 heavy (non-hydrogen) atoms. The highest BCUT2D eigenvalue weighted by Gasteiger charge is 2.51. The fourth-order valence-corrected chi connectivity index (χ4v) is 10.3. The van der Waals surface area contributed by atoms with Gasteiger partial charge in [-0.25, -0.2) is 0 Å². The number of nitrogen functional groups attached to an aromatic ring is 1. The van der Waals surface area contributed by atoms with Crippen LogP contribution in [0.1, 0.15) is 125 Å². The molecule has 1 aromatic heterocycles. The van der Waals surface area contributed by atoms with Gasteiger partial charge in [0.1, 0.15) is 34.9 Å². The van der Waals surface area contributed by atoms with Crippen molar-refractivity contribution < 1.29 is 48.3 Å². The largest absolute Gasteiger partial charge is 0.459 e. The van der Waals surface area contributed by atoms with Crippen LogP contribution in [0.4, 0.5) is 5.69 Å². The number of rotatable bonds is 17. The Bertz CT molecular complexity index is 2140. The Labute approximate surface area is 403 Å². The van der Waals surface area contributed by atoms with Crippen molar-refractivity contribution in [2.45, 2.75) is 181 Å². The molecule has 3 aromatic rings. The van der Waals surface area contributed by atoms with Crippen LogP contribution in [-0.4, -0.2) is 116 Å². The highest BCUT2D eigenvalue weighted by atomic mass is 16.7. The summed E-state index contributed by atoms with van der Waals surface area (Å²) in [4.78, 5) is 56.6. The summed E-state index contributed by atoms with van der Waals surface area (Å²) in [5.41, 5.74) is 7.25. The van der Waals surface area contributed by atoms with Crippen molar-refractivity contribution in [1.82, 2.24) is 19.9 Å². The van der Waals surface area contributed by atoms with E-state index in [2.05, 4.69) is 53.4 Å². The van der Waals surface area contributed by atoms with Crippen molar-refractivity contribution in [1.29, 1.82) is 0 Å². The topological polar surface area (TPSA) is 206 Å². The Kier molecular flexibility index (Phi) is 19.2. The number of ketones is 3. The smallest absolute Gasteiger partial charge is 0.316 e. The van der Waals surface area contributed by atoms with E-state index in [4.69, 9.17) is 24.7 Å². The number of aliphatic hydroxyl groups excluding tert-OH is 1.